The maximum absolute atomic E-state index is 13.6. The third-order valence-electron chi connectivity index (χ3n) is 5.20. The molecule has 30 heavy (non-hydrogen) atoms. The Balaban J connectivity index is 1.88. The van der Waals surface area contributed by atoms with E-state index in [1.807, 2.05) is 35.7 Å². The van der Waals surface area contributed by atoms with E-state index in [4.69, 9.17) is 10.7 Å². The molecule has 4 aromatic rings. The fourth-order valence-corrected chi connectivity index (χ4v) is 4.52. The molecule has 5 nitrogen and oxygen atoms in total. The Kier molecular flexibility index (Phi) is 5.77. The van der Waals surface area contributed by atoms with Crippen LogP contribution in [0.3, 0.4) is 0 Å². The van der Waals surface area contributed by atoms with Gasteiger partial charge in [0, 0.05) is 29.5 Å². The van der Waals surface area contributed by atoms with Gasteiger partial charge in [0.2, 0.25) is 5.91 Å². The molecular weight excluding hydrogens is 394 g/mol. The van der Waals surface area contributed by atoms with Gasteiger partial charge < -0.3 is 5.73 Å². The zero-order chi connectivity index (χ0) is 21.1. The van der Waals surface area contributed by atoms with Crippen LogP contribution in [0.15, 0.2) is 64.8 Å². The summed E-state index contributed by atoms with van der Waals surface area (Å²) in [5, 5.41) is 2.63. The van der Waals surface area contributed by atoms with E-state index in [1.165, 1.54) is 16.9 Å². The summed E-state index contributed by atoms with van der Waals surface area (Å²) in [5.74, 6) is 0.248. The molecular formula is C24H23N3O2S. The van der Waals surface area contributed by atoms with Crippen molar-refractivity contribution in [2.45, 2.75) is 32.7 Å². The summed E-state index contributed by atoms with van der Waals surface area (Å²) < 4.78 is 1.68. The Hall–Kier alpha value is -3.25. The highest BCUT2D eigenvalue weighted by atomic mass is 32.1. The number of hydrogen-bond acceptors (Lipinski definition) is 4. The number of aryl methyl sites for hydroxylation is 1. The molecule has 0 saturated carbocycles. The van der Waals surface area contributed by atoms with Crippen LogP contribution in [0.1, 0.15) is 25.3 Å². The molecule has 0 fully saturated rings. The molecule has 0 bridgehead atoms. The lowest BCUT2D eigenvalue weighted by atomic mass is 10.0. The minimum atomic E-state index is -0.370. The van der Waals surface area contributed by atoms with Crippen LogP contribution in [-0.4, -0.2) is 15.5 Å². The van der Waals surface area contributed by atoms with Gasteiger partial charge in [-0.1, -0.05) is 61.5 Å². The number of nitrogens with two attached hydrogens (primary N) is 1. The number of carbonyl (C=O) groups is 1. The number of amides is 1. The van der Waals surface area contributed by atoms with E-state index >= 15 is 0 Å². The van der Waals surface area contributed by atoms with Crippen molar-refractivity contribution < 1.29 is 4.79 Å². The molecule has 2 aromatic carbocycles. The second-order valence-electron chi connectivity index (χ2n) is 7.21. The molecule has 0 unspecified atom stereocenters. The van der Waals surface area contributed by atoms with Gasteiger partial charge in [0.1, 0.15) is 10.7 Å². The largest absolute Gasteiger partial charge is 0.370 e. The van der Waals surface area contributed by atoms with Gasteiger partial charge >= 0.3 is 0 Å². The number of aromatic nitrogens is 2. The molecule has 0 saturated heterocycles. The van der Waals surface area contributed by atoms with E-state index in [2.05, 4.69) is 31.2 Å². The molecule has 0 aliphatic heterocycles. The molecule has 0 radical (unpaired) electrons. The van der Waals surface area contributed by atoms with E-state index in [1.54, 1.807) is 4.57 Å². The van der Waals surface area contributed by atoms with Crippen LogP contribution < -0.4 is 11.3 Å². The predicted octanol–water partition coefficient (Wildman–Crippen LogP) is 4.62. The van der Waals surface area contributed by atoms with Crippen molar-refractivity contribution in [2.24, 2.45) is 5.73 Å². The minimum Gasteiger partial charge on any atom is -0.370 e. The van der Waals surface area contributed by atoms with Gasteiger partial charge in [-0.3, -0.25) is 14.2 Å². The average molecular weight is 418 g/mol. The number of carbonyl (C=O) groups excluding carboxylic acids is 1. The van der Waals surface area contributed by atoms with Crippen LogP contribution in [-0.2, 0) is 17.8 Å². The van der Waals surface area contributed by atoms with Crippen molar-refractivity contribution in [3.63, 3.8) is 0 Å². The first kappa shape index (κ1) is 20.0. The van der Waals surface area contributed by atoms with Crippen LogP contribution in [0.2, 0.25) is 0 Å². The Labute approximate surface area is 178 Å². The Morgan fingerprint density at radius 2 is 1.80 bits per heavy atom. The molecule has 2 heterocycles. The molecule has 4 rings (SSSR count). The first-order chi connectivity index (χ1) is 14.6. The molecule has 152 valence electrons. The van der Waals surface area contributed by atoms with E-state index < -0.39 is 0 Å². The number of hydrogen-bond donors (Lipinski definition) is 1. The molecule has 2 N–H and O–H groups in total. The molecule has 1 amide bonds. The first-order valence-electron chi connectivity index (χ1n) is 10.0. The quantitative estimate of drug-likeness (QED) is 0.477. The lowest BCUT2D eigenvalue weighted by molar-refractivity contribution is -0.118. The van der Waals surface area contributed by atoms with Crippen molar-refractivity contribution in [1.29, 1.82) is 0 Å². The van der Waals surface area contributed by atoms with Crippen LogP contribution in [0.4, 0.5) is 0 Å². The minimum absolute atomic E-state index is 0.0841. The zero-order valence-corrected chi connectivity index (χ0v) is 17.6. The molecule has 2 aromatic heterocycles. The maximum atomic E-state index is 13.6. The number of primary amides is 1. The molecule has 6 heteroatoms. The van der Waals surface area contributed by atoms with Gasteiger partial charge in [0.15, 0.2) is 0 Å². The van der Waals surface area contributed by atoms with E-state index in [0.717, 1.165) is 27.9 Å². The number of rotatable bonds is 7. The Morgan fingerprint density at radius 3 is 2.47 bits per heavy atom. The smallest absolute Gasteiger partial charge is 0.263 e. The number of benzene rings is 2. The van der Waals surface area contributed by atoms with Crippen LogP contribution in [0.25, 0.3) is 32.7 Å². The summed E-state index contributed by atoms with van der Waals surface area (Å²) in [6.07, 6.45) is 1.69. The van der Waals surface area contributed by atoms with Gasteiger partial charge in [-0.05, 0) is 24.0 Å². The number of fused-ring (bicyclic) bond motifs is 1. The first-order valence-corrected chi connectivity index (χ1v) is 10.9. The van der Waals surface area contributed by atoms with E-state index in [9.17, 15) is 9.59 Å². The maximum Gasteiger partial charge on any atom is 0.263 e. The molecule has 0 aliphatic rings. The Bertz CT molecular complexity index is 1240. The Morgan fingerprint density at radius 1 is 1.07 bits per heavy atom. The van der Waals surface area contributed by atoms with Crippen molar-refractivity contribution in [3.05, 3.63) is 75.9 Å². The van der Waals surface area contributed by atoms with Crippen molar-refractivity contribution in [3.8, 4) is 22.5 Å². The van der Waals surface area contributed by atoms with Crippen LogP contribution in [0, 0.1) is 0 Å². The normalized spacial score (nSPS) is 11.1. The molecule has 0 spiro atoms. The lowest BCUT2D eigenvalue weighted by Crippen LogP contribution is -2.24. The molecule has 0 atom stereocenters. The van der Waals surface area contributed by atoms with Crippen molar-refractivity contribution in [1.82, 2.24) is 9.55 Å². The summed E-state index contributed by atoms with van der Waals surface area (Å²) in [5.41, 5.74) is 9.26. The summed E-state index contributed by atoms with van der Waals surface area (Å²) in [6.45, 7) is 2.51. The van der Waals surface area contributed by atoms with Gasteiger partial charge in [0.05, 0.1) is 5.39 Å². The van der Waals surface area contributed by atoms with Gasteiger partial charge in [-0.2, -0.15) is 0 Å². The lowest BCUT2D eigenvalue weighted by Gasteiger charge is -2.13. The fraction of sp³-hybridized carbons (Fsp3) is 0.208. The van der Waals surface area contributed by atoms with Gasteiger partial charge in [-0.25, -0.2) is 4.98 Å². The summed E-state index contributed by atoms with van der Waals surface area (Å²) in [4.78, 5) is 30.4. The predicted molar refractivity (Wildman–Crippen MR) is 123 cm³/mol. The van der Waals surface area contributed by atoms with Crippen LogP contribution >= 0.6 is 11.3 Å². The standard InChI is InChI=1S/C24H23N3O2S/c1-2-16-10-12-17(13-11-16)19-15-30-23-21(19)24(29)27(14-6-9-20(25)28)22(26-23)18-7-4-3-5-8-18/h3-5,7-8,10-13,15H,2,6,9,14H2,1H3,(H2,25,28). The second kappa shape index (κ2) is 8.63. The fourth-order valence-electron chi connectivity index (χ4n) is 3.58. The highest BCUT2D eigenvalue weighted by Gasteiger charge is 2.18. The van der Waals surface area contributed by atoms with Crippen molar-refractivity contribution in [2.75, 3.05) is 0 Å². The average Bonchev–Trinajstić information content (AvgIpc) is 3.20. The summed E-state index contributed by atoms with van der Waals surface area (Å²) in [7, 11) is 0. The highest BCUT2D eigenvalue weighted by molar-refractivity contribution is 7.17. The van der Waals surface area contributed by atoms with Gasteiger partial charge in [-0.15, -0.1) is 11.3 Å². The zero-order valence-electron chi connectivity index (χ0n) is 16.8. The number of thiophene rings is 1. The van der Waals surface area contributed by atoms with E-state index in [-0.39, 0.29) is 17.9 Å². The second-order valence-corrected chi connectivity index (χ2v) is 8.07. The SMILES string of the molecule is CCc1ccc(-c2csc3nc(-c4ccccc4)n(CCCC(N)=O)c(=O)c23)cc1. The number of nitrogens with zero attached hydrogens (tertiary/aromatic N) is 2. The third kappa shape index (κ3) is 3.91. The van der Waals surface area contributed by atoms with Gasteiger partial charge in [0.25, 0.3) is 5.56 Å². The highest BCUT2D eigenvalue weighted by Crippen LogP contribution is 2.32. The van der Waals surface area contributed by atoms with Crippen molar-refractivity contribution >= 4 is 27.5 Å². The monoisotopic (exact) mass is 417 g/mol. The van der Waals surface area contributed by atoms with Crippen LogP contribution in [0.5, 0.6) is 0 Å². The van der Waals surface area contributed by atoms with E-state index in [0.29, 0.717) is 24.2 Å². The molecule has 0 aliphatic carbocycles. The summed E-state index contributed by atoms with van der Waals surface area (Å²) >= 11 is 1.48. The third-order valence-corrected chi connectivity index (χ3v) is 6.08. The summed E-state index contributed by atoms with van der Waals surface area (Å²) in [6, 6.07) is 18.0. The topological polar surface area (TPSA) is 78.0 Å².